The van der Waals surface area contributed by atoms with Crippen LogP contribution in [0.3, 0.4) is 0 Å². The summed E-state index contributed by atoms with van der Waals surface area (Å²) in [7, 11) is 1.70. The summed E-state index contributed by atoms with van der Waals surface area (Å²) >= 11 is 0. The van der Waals surface area contributed by atoms with Gasteiger partial charge < -0.3 is 9.15 Å². The van der Waals surface area contributed by atoms with Gasteiger partial charge in [-0.15, -0.1) is 0 Å². The minimum atomic E-state index is 0.882. The number of benzene rings is 3. The Morgan fingerprint density at radius 3 is 2.57 bits per heavy atom. The van der Waals surface area contributed by atoms with Crippen molar-refractivity contribution in [2.75, 3.05) is 7.11 Å². The Morgan fingerprint density at radius 1 is 0.964 bits per heavy atom. The molecule has 0 saturated carbocycles. The monoisotopic (exact) mass is 366 g/mol. The van der Waals surface area contributed by atoms with Gasteiger partial charge in [0.05, 0.1) is 13.4 Å². The maximum absolute atomic E-state index is 5.98. The molecule has 0 spiro atoms. The molecule has 1 aromatic heterocycles. The van der Waals surface area contributed by atoms with Crippen LogP contribution in [0.2, 0.25) is 0 Å². The Morgan fingerprint density at radius 2 is 1.79 bits per heavy atom. The molecule has 0 atom stereocenters. The van der Waals surface area contributed by atoms with E-state index in [9.17, 15) is 0 Å². The van der Waals surface area contributed by atoms with Crippen molar-refractivity contribution in [3.05, 3.63) is 89.4 Å². The van der Waals surface area contributed by atoms with Crippen molar-refractivity contribution in [3.8, 4) is 16.9 Å². The van der Waals surface area contributed by atoms with Gasteiger partial charge in [0.25, 0.3) is 0 Å². The summed E-state index contributed by atoms with van der Waals surface area (Å²) in [5, 5.41) is 2.34. The predicted octanol–water partition coefficient (Wildman–Crippen LogP) is 6.77. The molecule has 0 saturated heterocycles. The molecule has 0 unspecified atom stereocenters. The normalized spacial score (nSPS) is 12.9. The summed E-state index contributed by atoms with van der Waals surface area (Å²) in [6.07, 6.45) is 6.08. The van der Waals surface area contributed by atoms with Crippen LogP contribution in [0.25, 0.3) is 33.5 Å². The van der Waals surface area contributed by atoms with Gasteiger partial charge in [-0.1, -0.05) is 55.5 Å². The molecule has 1 aliphatic rings. The molecule has 0 N–H and O–H groups in total. The van der Waals surface area contributed by atoms with Crippen LogP contribution in [0, 0.1) is 0 Å². The van der Waals surface area contributed by atoms with Gasteiger partial charge in [-0.2, -0.15) is 0 Å². The van der Waals surface area contributed by atoms with E-state index in [4.69, 9.17) is 9.15 Å². The van der Waals surface area contributed by atoms with Crippen molar-refractivity contribution in [2.45, 2.75) is 19.8 Å². The third-order valence-corrected chi connectivity index (χ3v) is 5.68. The molecule has 2 heteroatoms. The first kappa shape index (κ1) is 16.9. The number of furan rings is 1. The van der Waals surface area contributed by atoms with E-state index in [1.807, 2.05) is 18.4 Å². The zero-order valence-electron chi connectivity index (χ0n) is 16.2. The van der Waals surface area contributed by atoms with Crippen molar-refractivity contribution in [1.29, 1.82) is 0 Å². The lowest BCUT2D eigenvalue weighted by molar-refractivity contribution is 0.415. The highest BCUT2D eigenvalue weighted by molar-refractivity contribution is 6.00. The van der Waals surface area contributed by atoms with Crippen LogP contribution in [0.1, 0.15) is 29.4 Å². The molecule has 138 valence electrons. The summed E-state index contributed by atoms with van der Waals surface area (Å²) in [5.74, 6) is 1.87. The second-order valence-electron chi connectivity index (χ2n) is 7.25. The first-order chi connectivity index (χ1) is 13.8. The van der Waals surface area contributed by atoms with Gasteiger partial charge in [-0.25, -0.2) is 0 Å². The number of methoxy groups -OCH3 is 1. The molecule has 0 bridgehead atoms. The Hall–Kier alpha value is -3.26. The van der Waals surface area contributed by atoms with Crippen molar-refractivity contribution in [2.24, 2.45) is 0 Å². The van der Waals surface area contributed by atoms with E-state index in [1.54, 1.807) is 7.11 Å². The maximum Gasteiger partial charge on any atom is 0.138 e. The standard InChI is InChI=1S/C26H22O2/c1-3-17-8-9-19-14-21(26-23-7-5-4-6-20(23)16-28-26)15-24(19)25(17)18-10-12-22(27-2)13-11-18/h4-13,15-16H,3,14H2,1-2H3. The molecule has 0 fully saturated rings. The highest BCUT2D eigenvalue weighted by Gasteiger charge is 2.22. The van der Waals surface area contributed by atoms with Crippen LogP contribution < -0.4 is 4.74 Å². The Bertz CT molecular complexity index is 1190. The second kappa shape index (κ2) is 6.72. The molecule has 0 amide bonds. The number of hydrogen-bond acceptors (Lipinski definition) is 2. The van der Waals surface area contributed by atoms with Crippen molar-refractivity contribution in [1.82, 2.24) is 0 Å². The van der Waals surface area contributed by atoms with E-state index < -0.39 is 0 Å². The van der Waals surface area contributed by atoms with Crippen LogP contribution >= 0.6 is 0 Å². The SMILES string of the molecule is CCc1ccc2c(c1-c1ccc(OC)cc1)C=C(c1occ3ccccc13)C2. The minimum Gasteiger partial charge on any atom is -0.497 e. The van der Waals surface area contributed by atoms with Gasteiger partial charge in [0.15, 0.2) is 0 Å². The third kappa shape index (κ3) is 2.65. The topological polar surface area (TPSA) is 22.4 Å². The van der Waals surface area contributed by atoms with Crippen LogP contribution in [0.4, 0.5) is 0 Å². The number of aryl methyl sites for hydroxylation is 1. The number of allylic oxidation sites excluding steroid dienone is 1. The smallest absolute Gasteiger partial charge is 0.138 e. The first-order valence-corrected chi connectivity index (χ1v) is 9.75. The fraction of sp³-hybridized carbons (Fsp3) is 0.154. The van der Waals surface area contributed by atoms with Crippen LogP contribution in [-0.2, 0) is 12.8 Å². The van der Waals surface area contributed by atoms with Crippen molar-refractivity contribution >= 4 is 22.4 Å². The number of rotatable bonds is 4. The lowest BCUT2D eigenvalue weighted by Crippen LogP contribution is -1.94. The molecular weight excluding hydrogens is 344 g/mol. The lowest BCUT2D eigenvalue weighted by Gasteiger charge is -2.14. The van der Waals surface area contributed by atoms with Gasteiger partial charge in [-0.3, -0.25) is 0 Å². The molecule has 4 aromatic rings. The summed E-state index contributed by atoms with van der Waals surface area (Å²) in [6.45, 7) is 2.22. The number of fused-ring (bicyclic) bond motifs is 2. The molecule has 5 rings (SSSR count). The molecule has 28 heavy (non-hydrogen) atoms. The quantitative estimate of drug-likeness (QED) is 0.398. The van der Waals surface area contributed by atoms with E-state index >= 15 is 0 Å². The third-order valence-electron chi connectivity index (χ3n) is 5.68. The Balaban J connectivity index is 1.66. The summed E-state index contributed by atoms with van der Waals surface area (Å²) in [6, 6.07) is 21.3. The number of ether oxygens (including phenoxy) is 1. The fourth-order valence-electron chi connectivity index (χ4n) is 4.24. The average Bonchev–Trinajstić information content (AvgIpc) is 3.37. The number of hydrogen-bond donors (Lipinski definition) is 0. The average molecular weight is 366 g/mol. The van der Waals surface area contributed by atoms with Crippen LogP contribution in [0.15, 0.2) is 71.3 Å². The van der Waals surface area contributed by atoms with Gasteiger partial charge in [-0.05, 0) is 52.4 Å². The zero-order valence-corrected chi connectivity index (χ0v) is 16.2. The highest BCUT2D eigenvalue weighted by atomic mass is 16.5. The Kier molecular flexibility index (Phi) is 4.05. The molecule has 2 nitrogen and oxygen atoms in total. The second-order valence-corrected chi connectivity index (χ2v) is 7.25. The van der Waals surface area contributed by atoms with Crippen molar-refractivity contribution in [3.63, 3.8) is 0 Å². The molecule has 3 aromatic carbocycles. The van der Waals surface area contributed by atoms with E-state index in [0.717, 1.165) is 29.7 Å². The molecule has 0 aliphatic heterocycles. The van der Waals surface area contributed by atoms with Gasteiger partial charge in [0, 0.05) is 22.8 Å². The summed E-state index contributed by atoms with van der Waals surface area (Å²) < 4.78 is 11.3. The molecule has 1 heterocycles. The van der Waals surface area contributed by atoms with Crippen LogP contribution in [-0.4, -0.2) is 7.11 Å². The van der Waals surface area contributed by atoms with Gasteiger partial charge >= 0.3 is 0 Å². The zero-order chi connectivity index (χ0) is 19.1. The van der Waals surface area contributed by atoms with E-state index in [2.05, 4.69) is 61.5 Å². The summed E-state index contributed by atoms with van der Waals surface area (Å²) in [5.41, 5.74) is 7.85. The largest absolute Gasteiger partial charge is 0.497 e. The predicted molar refractivity (Wildman–Crippen MR) is 116 cm³/mol. The van der Waals surface area contributed by atoms with E-state index in [0.29, 0.717) is 0 Å². The first-order valence-electron chi connectivity index (χ1n) is 9.75. The van der Waals surface area contributed by atoms with Crippen LogP contribution in [0.5, 0.6) is 5.75 Å². The molecule has 1 aliphatic carbocycles. The van der Waals surface area contributed by atoms with Gasteiger partial charge in [0.2, 0.25) is 0 Å². The van der Waals surface area contributed by atoms with Crippen molar-refractivity contribution < 1.29 is 9.15 Å². The molecule has 0 radical (unpaired) electrons. The maximum atomic E-state index is 5.98. The van der Waals surface area contributed by atoms with Gasteiger partial charge in [0.1, 0.15) is 11.5 Å². The Labute approximate surface area is 165 Å². The van der Waals surface area contributed by atoms with E-state index in [-0.39, 0.29) is 0 Å². The highest BCUT2D eigenvalue weighted by Crippen LogP contribution is 2.41. The fourth-order valence-corrected chi connectivity index (χ4v) is 4.24. The lowest BCUT2D eigenvalue weighted by atomic mass is 9.91. The molecular formula is C26H22O2. The summed E-state index contributed by atoms with van der Waals surface area (Å²) in [4.78, 5) is 0. The van der Waals surface area contributed by atoms with E-state index in [1.165, 1.54) is 38.8 Å². The minimum absolute atomic E-state index is 0.882.